The lowest BCUT2D eigenvalue weighted by Gasteiger charge is -2.13. The van der Waals surface area contributed by atoms with Crippen molar-refractivity contribution in [2.24, 2.45) is 5.73 Å². The van der Waals surface area contributed by atoms with Gasteiger partial charge in [0.1, 0.15) is 0 Å². The molecule has 1 aliphatic heterocycles. The zero-order valence-corrected chi connectivity index (χ0v) is 6.23. The molecule has 3 heteroatoms. The van der Waals surface area contributed by atoms with E-state index in [0.29, 0.717) is 0 Å². The Kier molecular flexibility index (Phi) is 2.82. The van der Waals surface area contributed by atoms with Crippen LogP contribution in [0.5, 0.6) is 0 Å². The van der Waals surface area contributed by atoms with Gasteiger partial charge in [-0.25, -0.2) is 0 Å². The first-order valence-electron chi connectivity index (χ1n) is 3.32. The summed E-state index contributed by atoms with van der Waals surface area (Å²) in [5.41, 5.74) is 5.61. The van der Waals surface area contributed by atoms with Crippen LogP contribution in [0.4, 0.5) is 0 Å². The number of rotatable bonds is 0. The lowest BCUT2D eigenvalue weighted by Crippen LogP contribution is -2.35. The lowest BCUT2D eigenvalue weighted by molar-refractivity contribution is 0.144. The number of thioether (sulfide) groups is 1. The molecule has 0 bridgehead atoms. The molecule has 0 radical (unpaired) electrons. The smallest absolute Gasteiger partial charge is 0.0699 e. The summed E-state index contributed by atoms with van der Waals surface area (Å²) in [4.78, 5) is 0. The molecule has 3 N–H and O–H groups in total. The van der Waals surface area contributed by atoms with Gasteiger partial charge in [-0.1, -0.05) is 0 Å². The average Bonchev–Trinajstić information content (AvgIpc) is 1.99. The van der Waals surface area contributed by atoms with Crippen molar-refractivity contribution < 1.29 is 5.11 Å². The second-order valence-corrected chi connectivity index (χ2v) is 3.60. The number of hydrogen-bond acceptors (Lipinski definition) is 3. The fourth-order valence-corrected chi connectivity index (χ4v) is 1.97. The number of aliphatic hydroxyl groups excluding tert-OH is 1. The highest BCUT2D eigenvalue weighted by molar-refractivity contribution is 7.99. The summed E-state index contributed by atoms with van der Waals surface area (Å²) < 4.78 is 0. The maximum absolute atomic E-state index is 9.22. The zero-order chi connectivity index (χ0) is 6.69. The minimum atomic E-state index is -0.250. The van der Waals surface area contributed by atoms with Crippen LogP contribution >= 0.6 is 11.8 Å². The third-order valence-electron chi connectivity index (χ3n) is 1.59. The molecular weight excluding hydrogens is 134 g/mol. The Balaban J connectivity index is 2.32. The van der Waals surface area contributed by atoms with Crippen molar-refractivity contribution in [3.63, 3.8) is 0 Å². The standard InChI is InChI=1S/C6H13NOS/c7-5-4-9-3-1-2-6(5)8/h5-6,8H,1-4,7H2. The summed E-state index contributed by atoms with van der Waals surface area (Å²) in [5.74, 6) is 2.08. The molecule has 0 saturated carbocycles. The Morgan fingerprint density at radius 2 is 2.33 bits per heavy atom. The summed E-state index contributed by atoms with van der Waals surface area (Å²) in [6.07, 6.45) is 1.74. The van der Waals surface area contributed by atoms with Crippen molar-refractivity contribution in [3.8, 4) is 0 Å². The molecule has 1 aliphatic rings. The van der Waals surface area contributed by atoms with Crippen molar-refractivity contribution in [1.82, 2.24) is 0 Å². The highest BCUT2D eigenvalue weighted by Crippen LogP contribution is 2.15. The Hall–Kier alpha value is 0.270. The molecule has 9 heavy (non-hydrogen) atoms. The number of aliphatic hydroxyl groups is 1. The van der Waals surface area contributed by atoms with Crippen LogP contribution < -0.4 is 5.73 Å². The topological polar surface area (TPSA) is 46.2 Å². The molecule has 54 valence electrons. The van der Waals surface area contributed by atoms with Gasteiger partial charge >= 0.3 is 0 Å². The third kappa shape index (κ3) is 2.16. The molecule has 0 aromatic heterocycles. The number of hydrogen-bond donors (Lipinski definition) is 2. The van der Waals surface area contributed by atoms with Gasteiger partial charge < -0.3 is 10.8 Å². The minimum Gasteiger partial charge on any atom is -0.391 e. The Morgan fingerprint density at radius 1 is 1.56 bits per heavy atom. The van der Waals surface area contributed by atoms with Gasteiger partial charge in [-0.2, -0.15) is 11.8 Å². The summed E-state index contributed by atoms with van der Waals surface area (Å²) in [6.45, 7) is 0. The Bertz CT molecular complexity index is 79.1. The van der Waals surface area contributed by atoms with Crippen molar-refractivity contribution >= 4 is 11.8 Å². The summed E-state index contributed by atoms with van der Waals surface area (Å²) in [6, 6.07) is 0.0116. The average molecular weight is 147 g/mol. The van der Waals surface area contributed by atoms with Gasteiger partial charge in [-0.3, -0.25) is 0 Å². The normalized spacial score (nSPS) is 38.0. The molecule has 0 aromatic carbocycles. The first-order valence-corrected chi connectivity index (χ1v) is 4.47. The van der Waals surface area contributed by atoms with E-state index in [1.165, 1.54) is 0 Å². The maximum Gasteiger partial charge on any atom is 0.0699 e. The molecule has 0 aliphatic carbocycles. The van der Waals surface area contributed by atoms with E-state index in [-0.39, 0.29) is 12.1 Å². The lowest BCUT2D eigenvalue weighted by atomic mass is 10.1. The van der Waals surface area contributed by atoms with Crippen LogP contribution in [-0.4, -0.2) is 28.8 Å². The molecule has 2 unspecified atom stereocenters. The van der Waals surface area contributed by atoms with E-state index in [2.05, 4.69) is 0 Å². The van der Waals surface area contributed by atoms with Crippen molar-refractivity contribution in [2.75, 3.05) is 11.5 Å². The predicted octanol–water partition coefficient (Wildman–Crippen LogP) is 0.202. The molecule has 1 saturated heterocycles. The largest absolute Gasteiger partial charge is 0.391 e. The number of nitrogens with two attached hydrogens (primary N) is 1. The van der Waals surface area contributed by atoms with E-state index >= 15 is 0 Å². The Labute approximate surface area is 59.8 Å². The first-order chi connectivity index (χ1) is 4.30. The van der Waals surface area contributed by atoms with Crippen LogP contribution in [0.25, 0.3) is 0 Å². The molecule has 0 spiro atoms. The molecule has 2 nitrogen and oxygen atoms in total. The quantitative estimate of drug-likeness (QED) is 0.514. The highest BCUT2D eigenvalue weighted by atomic mass is 32.2. The van der Waals surface area contributed by atoms with Gasteiger partial charge in [0.15, 0.2) is 0 Å². The highest BCUT2D eigenvalue weighted by Gasteiger charge is 2.16. The Morgan fingerprint density at radius 3 is 3.11 bits per heavy atom. The SMILES string of the molecule is NC1CSCCCC1O. The van der Waals surface area contributed by atoms with Gasteiger partial charge in [-0.05, 0) is 18.6 Å². The van der Waals surface area contributed by atoms with Crippen LogP contribution in [0.2, 0.25) is 0 Å². The molecule has 2 atom stereocenters. The van der Waals surface area contributed by atoms with Crippen molar-refractivity contribution in [1.29, 1.82) is 0 Å². The zero-order valence-electron chi connectivity index (χ0n) is 5.42. The molecule has 1 heterocycles. The summed E-state index contributed by atoms with van der Waals surface area (Å²) >= 11 is 1.84. The van der Waals surface area contributed by atoms with Crippen molar-refractivity contribution in [2.45, 2.75) is 25.0 Å². The summed E-state index contributed by atoms with van der Waals surface area (Å²) in [7, 11) is 0. The molecule has 0 amide bonds. The van der Waals surface area contributed by atoms with Gasteiger partial charge in [0.05, 0.1) is 6.10 Å². The van der Waals surface area contributed by atoms with E-state index in [4.69, 9.17) is 5.73 Å². The molecular formula is C6H13NOS. The second kappa shape index (κ2) is 3.44. The van der Waals surface area contributed by atoms with Crippen LogP contribution in [0.15, 0.2) is 0 Å². The van der Waals surface area contributed by atoms with Crippen LogP contribution in [0.1, 0.15) is 12.8 Å². The maximum atomic E-state index is 9.22. The third-order valence-corrected chi connectivity index (χ3v) is 2.79. The molecule has 1 rings (SSSR count). The van der Waals surface area contributed by atoms with Gasteiger partial charge in [-0.15, -0.1) is 0 Å². The van der Waals surface area contributed by atoms with Crippen LogP contribution in [0.3, 0.4) is 0 Å². The van der Waals surface area contributed by atoms with E-state index < -0.39 is 0 Å². The predicted molar refractivity (Wildman–Crippen MR) is 40.5 cm³/mol. The first kappa shape index (κ1) is 7.38. The van der Waals surface area contributed by atoms with Gasteiger partial charge in [0.2, 0.25) is 0 Å². The second-order valence-electron chi connectivity index (χ2n) is 2.45. The van der Waals surface area contributed by atoms with E-state index in [1.807, 2.05) is 11.8 Å². The van der Waals surface area contributed by atoms with Crippen molar-refractivity contribution in [3.05, 3.63) is 0 Å². The van der Waals surface area contributed by atoms with E-state index in [1.54, 1.807) is 0 Å². The minimum absolute atomic E-state index is 0.0116. The fourth-order valence-electron chi connectivity index (χ4n) is 0.939. The summed E-state index contributed by atoms with van der Waals surface area (Å²) in [5, 5.41) is 9.22. The van der Waals surface area contributed by atoms with Crippen LogP contribution in [-0.2, 0) is 0 Å². The molecule has 1 fully saturated rings. The van der Waals surface area contributed by atoms with Gasteiger partial charge in [0.25, 0.3) is 0 Å². The fraction of sp³-hybridized carbons (Fsp3) is 1.00. The monoisotopic (exact) mass is 147 g/mol. The van der Waals surface area contributed by atoms with E-state index in [0.717, 1.165) is 24.3 Å². The van der Waals surface area contributed by atoms with Gasteiger partial charge in [0, 0.05) is 11.8 Å². The molecule has 0 aromatic rings. The van der Waals surface area contributed by atoms with Crippen LogP contribution in [0, 0.1) is 0 Å². The van der Waals surface area contributed by atoms with E-state index in [9.17, 15) is 5.11 Å².